The summed E-state index contributed by atoms with van der Waals surface area (Å²) in [4.78, 5) is 4.06. The van der Waals surface area contributed by atoms with Crippen molar-refractivity contribution < 1.29 is 0 Å². The maximum atomic E-state index is 4.68. The molecule has 0 amide bonds. The zero-order valence-electron chi connectivity index (χ0n) is 12.3. The van der Waals surface area contributed by atoms with Gasteiger partial charge >= 0.3 is 0 Å². The number of rotatable bonds is 6. The Morgan fingerprint density at radius 2 is 2.00 bits per heavy atom. The van der Waals surface area contributed by atoms with Gasteiger partial charge in [0.25, 0.3) is 0 Å². The Bertz CT molecular complexity index is 570. The van der Waals surface area contributed by atoms with Gasteiger partial charge in [0.1, 0.15) is 0 Å². The minimum absolute atomic E-state index is 0.803. The third kappa shape index (κ3) is 2.90. The number of hydrogen-bond acceptors (Lipinski definition) is 3. The summed E-state index contributed by atoms with van der Waals surface area (Å²) in [7, 11) is 0. The van der Waals surface area contributed by atoms with Crippen LogP contribution in [0.3, 0.4) is 0 Å². The SMILES string of the molecule is Cc1nn(-c2ccncc2)c(C)c1CCCNC1CC1. The van der Waals surface area contributed by atoms with Crippen LogP contribution >= 0.6 is 0 Å². The summed E-state index contributed by atoms with van der Waals surface area (Å²) in [6, 6.07) is 4.80. The molecule has 0 saturated heterocycles. The summed E-state index contributed by atoms with van der Waals surface area (Å²) >= 11 is 0. The molecule has 0 atom stereocenters. The molecule has 4 nitrogen and oxygen atoms in total. The van der Waals surface area contributed by atoms with E-state index >= 15 is 0 Å². The highest BCUT2D eigenvalue weighted by molar-refractivity contribution is 5.35. The Kier molecular flexibility index (Phi) is 3.83. The van der Waals surface area contributed by atoms with Crippen LogP contribution in [0, 0.1) is 13.8 Å². The molecule has 0 spiro atoms. The highest BCUT2D eigenvalue weighted by Crippen LogP contribution is 2.20. The van der Waals surface area contributed by atoms with E-state index in [0.717, 1.165) is 30.4 Å². The molecule has 1 aliphatic carbocycles. The first kappa shape index (κ1) is 13.3. The van der Waals surface area contributed by atoms with Crippen molar-refractivity contribution in [3.8, 4) is 5.69 Å². The van der Waals surface area contributed by atoms with Crippen LogP contribution in [0.5, 0.6) is 0 Å². The lowest BCUT2D eigenvalue weighted by Crippen LogP contribution is -2.18. The summed E-state index contributed by atoms with van der Waals surface area (Å²) in [6.07, 6.45) is 8.62. The third-order valence-electron chi connectivity index (χ3n) is 3.96. The molecule has 0 aromatic carbocycles. The average molecular weight is 270 g/mol. The van der Waals surface area contributed by atoms with Gasteiger partial charge in [-0.05, 0) is 63.8 Å². The van der Waals surface area contributed by atoms with Crippen molar-refractivity contribution in [2.45, 2.75) is 45.6 Å². The normalized spacial score (nSPS) is 14.7. The maximum Gasteiger partial charge on any atom is 0.0679 e. The molecule has 20 heavy (non-hydrogen) atoms. The second kappa shape index (κ2) is 5.75. The quantitative estimate of drug-likeness (QED) is 0.820. The lowest BCUT2D eigenvalue weighted by atomic mass is 10.1. The molecule has 1 N–H and O–H groups in total. The number of pyridine rings is 1. The first-order chi connectivity index (χ1) is 9.75. The summed E-state index contributed by atoms with van der Waals surface area (Å²) < 4.78 is 2.03. The van der Waals surface area contributed by atoms with Gasteiger partial charge in [-0.15, -0.1) is 0 Å². The van der Waals surface area contributed by atoms with Gasteiger partial charge in [-0.2, -0.15) is 5.10 Å². The predicted octanol–water partition coefficient (Wildman–Crippen LogP) is 2.57. The molecule has 1 fully saturated rings. The summed E-state index contributed by atoms with van der Waals surface area (Å²) in [5.74, 6) is 0. The van der Waals surface area contributed by atoms with Crippen LogP contribution in [0.1, 0.15) is 36.2 Å². The number of aryl methyl sites for hydroxylation is 1. The van der Waals surface area contributed by atoms with E-state index in [2.05, 4.69) is 29.2 Å². The molecular formula is C16H22N4. The van der Waals surface area contributed by atoms with Crippen molar-refractivity contribution in [3.63, 3.8) is 0 Å². The van der Waals surface area contributed by atoms with E-state index in [-0.39, 0.29) is 0 Å². The molecular weight excluding hydrogens is 248 g/mol. The fraction of sp³-hybridized carbons (Fsp3) is 0.500. The van der Waals surface area contributed by atoms with Crippen LogP contribution in [0.25, 0.3) is 5.69 Å². The van der Waals surface area contributed by atoms with Crippen molar-refractivity contribution in [1.29, 1.82) is 0 Å². The second-order valence-corrected chi connectivity index (χ2v) is 5.60. The summed E-state index contributed by atoms with van der Waals surface area (Å²) in [5.41, 5.74) is 4.87. The van der Waals surface area contributed by atoms with Gasteiger partial charge in [-0.25, -0.2) is 4.68 Å². The Labute approximate surface area is 120 Å². The van der Waals surface area contributed by atoms with Crippen molar-refractivity contribution in [3.05, 3.63) is 41.5 Å². The van der Waals surface area contributed by atoms with Gasteiger partial charge in [0.15, 0.2) is 0 Å². The van der Waals surface area contributed by atoms with Crippen LogP contribution in [0.2, 0.25) is 0 Å². The third-order valence-corrected chi connectivity index (χ3v) is 3.96. The lowest BCUT2D eigenvalue weighted by Gasteiger charge is -2.06. The standard InChI is InChI=1S/C16H22N4/c1-12-16(4-3-9-18-14-5-6-14)13(2)20(19-12)15-7-10-17-11-8-15/h7-8,10-11,14,18H,3-6,9H2,1-2H3. The molecule has 2 aromatic heterocycles. The molecule has 4 heteroatoms. The first-order valence-corrected chi connectivity index (χ1v) is 7.44. The maximum absolute atomic E-state index is 4.68. The fourth-order valence-electron chi connectivity index (χ4n) is 2.63. The average Bonchev–Trinajstić information content (AvgIpc) is 3.24. The highest BCUT2D eigenvalue weighted by atomic mass is 15.3. The minimum atomic E-state index is 0.803. The van der Waals surface area contributed by atoms with E-state index in [0.29, 0.717) is 0 Å². The van der Waals surface area contributed by atoms with E-state index in [1.165, 1.54) is 30.5 Å². The van der Waals surface area contributed by atoms with E-state index in [4.69, 9.17) is 0 Å². The molecule has 1 aliphatic rings. The molecule has 0 bridgehead atoms. The van der Waals surface area contributed by atoms with Gasteiger partial charge in [-0.1, -0.05) is 0 Å². The van der Waals surface area contributed by atoms with Crippen molar-refractivity contribution in [2.75, 3.05) is 6.54 Å². The fourth-order valence-corrected chi connectivity index (χ4v) is 2.63. The molecule has 2 aromatic rings. The van der Waals surface area contributed by atoms with Gasteiger partial charge < -0.3 is 5.32 Å². The topological polar surface area (TPSA) is 42.7 Å². The second-order valence-electron chi connectivity index (χ2n) is 5.60. The molecule has 3 rings (SSSR count). The van der Waals surface area contributed by atoms with Crippen LogP contribution in [-0.2, 0) is 6.42 Å². The smallest absolute Gasteiger partial charge is 0.0679 e. The van der Waals surface area contributed by atoms with Gasteiger partial charge in [0.2, 0.25) is 0 Å². The van der Waals surface area contributed by atoms with Crippen molar-refractivity contribution in [1.82, 2.24) is 20.1 Å². The highest BCUT2D eigenvalue weighted by Gasteiger charge is 2.19. The number of hydrogen-bond donors (Lipinski definition) is 1. The molecule has 0 unspecified atom stereocenters. The Hall–Kier alpha value is -1.68. The number of nitrogens with one attached hydrogen (secondary N) is 1. The van der Waals surface area contributed by atoms with Crippen LogP contribution in [0.4, 0.5) is 0 Å². The molecule has 2 heterocycles. The van der Waals surface area contributed by atoms with Crippen LogP contribution in [0.15, 0.2) is 24.5 Å². The zero-order chi connectivity index (χ0) is 13.9. The number of nitrogens with zero attached hydrogens (tertiary/aromatic N) is 3. The van der Waals surface area contributed by atoms with E-state index in [1.54, 1.807) is 0 Å². The minimum Gasteiger partial charge on any atom is -0.314 e. The van der Waals surface area contributed by atoms with Crippen molar-refractivity contribution >= 4 is 0 Å². The van der Waals surface area contributed by atoms with E-state index in [1.807, 2.05) is 29.2 Å². The summed E-state index contributed by atoms with van der Waals surface area (Å²) in [5, 5.41) is 8.24. The van der Waals surface area contributed by atoms with Gasteiger partial charge in [0.05, 0.1) is 11.4 Å². The van der Waals surface area contributed by atoms with Gasteiger partial charge in [0, 0.05) is 24.1 Å². The Morgan fingerprint density at radius 1 is 1.25 bits per heavy atom. The van der Waals surface area contributed by atoms with E-state index in [9.17, 15) is 0 Å². The Balaban J connectivity index is 1.69. The van der Waals surface area contributed by atoms with Gasteiger partial charge in [-0.3, -0.25) is 4.98 Å². The molecule has 0 radical (unpaired) electrons. The van der Waals surface area contributed by atoms with Crippen molar-refractivity contribution in [2.24, 2.45) is 0 Å². The van der Waals surface area contributed by atoms with E-state index < -0.39 is 0 Å². The first-order valence-electron chi connectivity index (χ1n) is 7.44. The molecule has 1 saturated carbocycles. The Morgan fingerprint density at radius 3 is 2.70 bits per heavy atom. The summed E-state index contributed by atoms with van der Waals surface area (Å²) in [6.45, 7) is 5.38. The van der Waals surface area contributed by atoms with Crippen LogP contribution < -0.4 is 5.32 Å². The van der Waals surface area contributed by atoms with Crippen LogP contribution in [-0.4, -0.2) is 27.4 Å². The monoisotopic (exact) mass is 270 g/mol. The lowest BCUT2D eigenvalue weighted by molar-refractivity contribution is 0.644. The predicted molar refractivity (Wildman–Crippen MR) is 80.2 cm³/mol. The molecule has 106 valence electrons. The molecule has 0 aliphatic heterocycles. The number of aromatic nitrogens is 3. The zero-order valence-corrected chi connectivity index (χ0v) is 12.3. The largest absolute Gasteiger partial charge is 0.314 e.